The Balaban J connectivity index is 1.82. The van der Waals surface area contributed by atoms with E-state index in [1.54, 1.807) is 30.3 Å². The van der Waals surface area contributed by atoms with E-state index in [9.17, 15) is 13.2 Å². The third-order valence-corrected chi connectivity index (χ3v) is 6.38. The Labute approximate surface area is 180 Å². The number of sulfonamides is 1. The number of benzene rings is 3. The summed E-state index contributed by atoms with van der Waals surface area (Å²) in [7, 11) is -2.25. The number of methoxy groups -OCH3 is 1. The maximum atomic E-state index is 12.8. The fourth-order valence-electron chi connectivity index (χ4n) is 2.81. The summed E-state index contributed by atoms with van der Waals surface area (Å²) in [6.45, 7) is -0.371. The van der Waals surface area contributed by atoms with Crippen molar-refractivity contribution < 1.29 is 17.9 Å². The first-order valence-corrected chi connectivity index (χ1v) is 11.8. The van der Waals surface area contributed by atoms with Crippen LogP contribution in [-0.4, -0.2) is 34.2 Å². The first-order valence-electron chi connectivity index (χ1n) is 9.11. The summed E-state index contributed by atoms with van der Waals surface area (Å²) in [6.07, 6.45) is 1.06. The van der Waals surface area contributed by atoms with Gasteiger partial charge in [0.2, 0.25) is 15.9 Å². The van der Waals surface area contributed by atoms with Gasteiger partial charge in [-0.3, -0.25) is 9.10 Å². The zero-order valence-corrected chi connectivity index (χ0v) is 18.2. The Morgan fingerprint density at radius 1 is 0.967 bits per heavy atom. The highest BCUT2D eigenvalue weighted by atomic mass is 32.2. The molecule has 1 N–H and O–H groups in total. The average molecular weight is 443 g/mol. The molecule has 6 nitrogen and oxygen atoms in total. The molecule has 0 fully saturated rings. The van der Waals surface area contributed by atoms with Crippen molar-refractivity contribution in [1.82, 2.24) is 0 Å². The van der Waals surface area contributed by atoms with Crippen LogP contribution in [0, 0.1) is 0 Å². The highest BCUT2D eigenvalue weighted by Gasteiger charge is 2.24. The third kappa shape index (κ3) is 5.55. The van der Waals surface area contributed by atoms with Crippen molar-refractivity contribution in [3.63, 3.8) is 0 Å². The van der Waals surface area contributed by atoms with E-state index in [1.165, 1.54) is 18.9 Å². The molecule has 0 aromatic heterocycles. The SMILES string of the molecule is COc1ccccc1N(CC(=O)Nc1ccccc1Sc1ccccc1)S(C)(=O)=O. The monoisotopic (exact) mass is 442 g/mol. The summed E-state index contributed by atoms with van der Waals surface area (Å²) in [5, 5.41) is 2.83. The van der Waals surface area contributed by atoms with Crippen LogP contribution in [0.25, 0.3) is 0 Å². The Hall–Kier alpha value is -2.97. The molecule has 0 saturated carbocycles. The van der Waals surface area contributed by atoms with Crippen molar-refractivity contribution in [3.8, 4) is 5.75 Å². The van der Waals surface area contributed by atoms with Gasteiger partial charge in [-0.1, -0.05) is 54.2 Å². The fraction of sp³-hybridized carbons (Fsp3) is 0.136. The van der Waals surface area contributed by atoms with Gasteiger partial charge in [0.25, 0.3) is 0 Å². The van der Waals surface area contributed by atoms with Gasteiger partial charge in [-0.15, -0.1) is 0 Å². The molecule has 0 atom stereocenters. The first-order chi connectivity index (χ1) is 14.4. The molecule has 0 saturated heterocycles. The molecule has 3 aromatic carbocycles. The molecule has 3 aromatic rings. The number of amides is 1. The Morgan fingerprint density at radius 3 is 2.30 bits per heavy atom. The average Bonchev–Trinajstić information content (AvgIpc) is 2.73. The molecule has 0 radical (unpaired) electrons. The minimum atomic E-state index is -3.71. The number of hydrogen-bond acceptors (Lipinski definition) is 5. The molecule has 0 aliphatic carbocycles. The zero-order valence-electron chi connectivity index (χ0n) is 16.6. The van der Waals surface area contributed by atoms with Crippen LogP contribution in [-0.2, 0) is 14.8 Å². The van der Waals surface area contributed by atoms with Crippen molar-refractivity contribution in [1.29, 1.82) is 0 Å². The molecule has 0 aliphatic heterocycles. The normalized spacial score (nSPS) is 11.0. The molecule has 156 valence electrons. The number of rotatable bonds is 8. The smallest absolute Gasteiger partial charge is 0.245 e. The Bertz CT molecular complexity index is 1120. The molecule has 0 bridgehead atoms. The van der Waals surface area contributed by atoms with Gasteiger partial charge in [0.05, 0.1) is 24.7 Å². The van der Waals surface area contributed by atoms with Gasteiger partial charge in [0.15, 0.2) is 0 Å². The number of nitrogens with zero attached hydrogens (tertiary/aromatic N) is 1. The molecule has 0 spiro atoms. The number of carbonyl (C=O) groups is 1. The van der Waals surface area contributed by atoms with Gasteiger partial charge >= 0.3 is 0 Å². The molecular weight excluding hydrogens is 420 g/mol. The second-order valence-electron chi connectivity index (χ2n) is 6.40. The lowest BCUT2D eigenvalue weighted by Crippen LogP contribution is -2.37. The van der Waals surface area contributed by atoms with Crippen LogP contribution >= 0.6 is 11.8 Å². The molecule has 30 heavy (non-hydrogen) atoms. The van der Waals surface area contributed by atoms with E-state index in [0.717, 1.165) is 20.4 Å². The first kappa shape index (κ1) is 21.7. The van der Waals surface area contributed by atoms with Crippen LogP contribution in [0.3, 0.4) is 0 Å². The number of para-hydroxylation sites is 3. The molecule has 1 amide bonds. The lowest BCUT2D eigenvalue weighted by Gasteiger charge is -2.24. The summed E-state index contributed by atoms with van der Waals surface area (Å²) in [5.74, 6) is -0.0804. The van der Waals surface area contributed by atoms with E-state index < -0.39 is 15.9 Å². The molecule has 0 heterocycles. The molecule has 3 rings (SSSR count). The highest BCUT2D eigenvalue weighted by Crippen LogP contribution is 2.33. The number of nitrogens with one attached hydrogen (secondary N) is 1. The topological polar surface area (TPSA) is 75.7 Å². The van der Waals surface area contributed by atoms with Gasteiger partial charge in [-0.25, -0.2) is 8.42 Å². The summed E-state index contributed by atoms with van der Waals surface area (Å²) >= 11 is 1.52. The van der Waals surface area contributed by atoms with Gasteiger partial charge in [-0.2, -0.15) is 0 Å². The van der Waals surface area contributed by atoms with Crippen molar-refractivity contribution in [3.05, 3.63) is 78.9 Å². The van der Waals surface area contributed by atoms with Crippen LogP contribution in [0.15, 0.2) is 88.7 Å². The summed E-state index contributed by atoms with van der Waals surface area (Å²) in [4.78, 5) is 14.7. The van der Waals surface area contributed by atoms with E-state index in [4.69, 9.17) is 4.74 Å². The van der Waals surface area contributed by atoms with Crippen molar-refractivity contribution in [2.24, 2.45) is 0 Å². The van der Waals surface area contributed by atoms with Crippen molar-refractivity contribution in [2.45, 2.75) is 9.79 Å². The molecule has 0 unspecified atom stereocenters. The van der Waals surface area contributed by atoms with E-state index in [2.05, 4.69) is 5.32 Å². The second kappa shape index (κ2) is 9.69. The van der Waals surface area contributed by atoms with Gasteiger partial charge in [-0.05, 0) is 36.4 Å². The minimum absolute atomic E-state index is 0.310. The van der Waals surface area contributed by atoms with Crippen LogP contribution in [0.2, 0.25) is 0 Å². The summed E-state index contributed by atoms with van der Waals surface area (Å²) < 4.78 is 31.1. The fourth-order valence-corrected chi connectivity index (χ4v) is 4.59. The zero-order chi connectivity index (χ0) is 21.6. The molecule has 8 heteroatoms. The number of anilines is 2. The van der Waals surface area contributed by atoms with Crippen LogP contribution < -0.4 is 14.4 Å². The quantitative estimate of drug-likeness (QED) is 0.564. The van der Waals surface area contributed by atoms with Gasteiger partial charge in [0, 0.05) is 9.79 Å². The predicted octanol–water partition coefficient (Wildman–Crippen LogP) is 4.25. The largest absolute Gasteiger partial charge is 0.495 e. The predicted molar refractivity (Wildman–Crippen MR) is 121 cm³/mol. The number of carbonyl (C=O) groups excluding carboxylic acids is 1. The lowest BCUT2D eigenvalue weighted by atomic mass is 10.3. The van der Waals surface area contributed by atoms with E-state index in [-0.39, 0.29) is 6.54 Å². The summed E-state index contributed by atoms with van der Waals surface area (Å²) in [6, 6.07) is 23.9. The van der Waals surface area contributed by atoms with E-state index >= 15 is 0 Å². The van der Waals surface area contributed by atoms with Crippen LogP contribution in [0.1, 0.15) is 0 Å². The number of hydrogen-bond donors (Lipinski definition) is 1. The maximum Gasteiger partial charge on any atom is 0.245 e. The van der Waals surface area contributed by atoms with Crippen molar-refractivity contribution in [2.75, 3.05) is 29.5 Å². The Morgan fingerprint density at radius 2 is 1.60 bits per heavy atom. The van der Waals surface area contributed by atoms with Crippen LogP contribution in [0.4, 0.5) is 11.4 Å². The standard InChI is InChI=1S/C22H22N2O4S2/c1-28-20-14-8-7-13-19(20)24(30(2,26)27)16-22(25)23-18-12-6-9-15-21(18)29-17-10-4-3-5-11-17/h3-15H,16H2,1-2H3,(H,23,25). The van der Waals surface area contributed by atoms with E-state index in [1.807, 2.05) is 48.5 Å². The second-order valence-corrected chi connectivity index (χ2v) is 9.42. The van der Waals surface area contributed by atoms with E-state index in [0.29, 0.717) is 17.1 Å². The molecule has 0 aliphatic rings. The van der Waals surface area contributed by atoms with Crippen LogP contribution in [0.5, 0.6) is 5.75 Å². The number of ether oxygens (including phenoxy) is 1. The lowest BCUT2D eigenvalue weighted by molar-refractivity contribution is -0.114. The third-order valence-electron chi connectivity index (χ3n) is 4.17. The highest BCUT2D eigenvalue weighted by molar-refractivity contribution is 7.99. The molecular formula is C22H22N2O4S2. The van der Waals surface area contributed by atoms with Gasteiger partial charge in [0.1, 0.15) is 12.3 Å². The summed E-state index contributed by atoms with van der Waals surface area (Å²) in [5.41, 5.74) is 0.925. The Kier molecular flexibility index (Phi) is 7.02. The van der Waals surface area contributed by atoms with Crippen molar-refractivity contribution >= 4 is 39.1 Å². The minimum Gasteiger partial charge on any atom is -0.495 e. The maximum absolute atomic E-state index is 12.8. The van der Waals surface area contributed by atoms with Gasteiger partial charge < -0.3 is 10.1 Å².